The van der Waals surface area contributed by atoms with E-state index in [0.29, 0.717) is 5.92 Å². The van der Waals surface area contributed by atoms with E-state index in [1.165, 1.54) is 11.1 Å². The molecule has 13 heavy (non-hydrogen) atoms. The van der Waals surface area contributed by atoms with Crippen LogP contribution in [0.1, 0.15) is 18.1 Å². The second kappa shape index (κ2) is 4.77. The molecule has 1 aromatic carbocycles. The maximum atomic E-state index is 8.94. The minimum Gasteiger partial charge on any atom is -0.396 e. The Morgan fingerprint density at radius 1 is 1.46 bits per heavy atom. The molecule has 0 fully saturated rings. The molecule has 0 amide bonds. The summed E-state index contributed by atoms with van der Waals surface area (Å²) in [6.07, 6.45) is 0.946. The van der Waals surface area contributed by atoms with Crippen LogP contribution in [0.3, 0.4) is 0 Å². The number of hydrogen-bond donors (Lipinski definition) is 1. The van der Waals surface area contributed by atoms with Crippen molar-refractivity contribution >= 4 is 15.9 Å². The Kier molecular flexibility index (Phi) is 3.94. The normalized spacial score (nSPS) is 12.9. The predicted molar refractivity (Wildman–Crippen MR) is 58.8 cm³/mol. The summed E-state index contributed by atoms with van der Waals surface area (Å²) >= 11 is 3.45. The van der Waals surface area contributed by atoms with Crippen LogP contribution in [0, 0.1) is 12.8 Å². The molecule has 2 heteroatoms. The van der Waals surface area contributed by atoms with Gasteiger partial charge in [-0.05, 0) is 42.5 Å². The minimum absolute atomic E-state index is 0.256. The molecule has 72 valence electrons. The maximum Gasteiger partial charge on any atom is 0.0459 e. The van der Waals surface area contributed by atoms with Gasteiger partial charge in [0.05, 0.1) is 0 Å². The van der Waals surface area contributed by atoms with Gasteiger partial charge in [0, 0.05) is 11.1 Å². The van der Waals surface area contributed by atoms with Gasteiger partial charge < -0.3 is 5.11 Å². The van der Waals surface area contributed by atoms with Crippen molar-refractivity contribution in [2.75, 3.05) is 6.61 Å². The molecule has 1 atom stereocenters. The number of aliphatic hydroxyl groups excluding tert-OH is 1. The van der Waals surface area contributed by atoms with Crippen LogP contribution in [0.4, 0.5) is 0 Å². The molecule has 1 unspecified atom stereocenters. The first-order valence-electron chi connectivity index (χ1n) is 4.49. The van der Waals surface area contributed by atoms with Crippen molar-refractivity contribution in [3.63, 3.8) is 0 Å². The number of aliphatic hydroxyl groups is 1. The van der Waals surface area contributed by atoms with E-state index >= 15 is 0 Å². The fourth-order valence-corrected chi connectivity index (χ4v) is 1.71. The van der Waals surface area contributed by atoms with Gasteiger partial charge in [-0.3, -0.25) is 0 Å². The average molecular weight is 243 g/mol. The maximum absolute atomic E-state index is 8.94. The molecule has 1 aromatic rings. The molecule has 0 saturated carbocycles. The summed E-state index contributed by atoms with van der Waals surface area (Å²) in [5.41, 5.74) is 2.61. The molecule has 0 heterocycles. The number of aryl methyl sites for hydroxylation is 1. The SMILES string of the molecule is Cc1ccc(Br)cc1CC(C)CO. The lowest BCUT2D eigenvalue weighted by atomic mass is 9.98. The van der Waals surface area contributed by atoms with E-state index in [1.54, 1.807) is 0 Å². The predicted octanol–water partition coefficient (Wildman–Crippen LogP) is 2.93. The smallest absolute Gasteiger partial charge is 0.0459 e. The first kappa shape index (κ1) is 10.7. The van der Waals surface area contributed by atoms with E-state index in [2.05, 4.69) is 41.9 Å². The van der Waals surface area contributed by atoms with Gasteiger partial charge in [0.2, 0.25) is 0 Å². The van der Waals surface area contributed by atoms with E-state index in [9.17, 15) is 0 Å². The highest BCUT2D eigenvalue weighted by atomic mass is 79.9. The Balaban J connectivity index is 2.81. The summed E-state index contributed by atoms with van der Waals surface area (Å²) in [5.74, 6) is 0.341. The van der Waals surface area contributed by atoms with Crippen molar-refractivity contribution < 1.29 is 5.11 Å². The standard InChI is InChI=1S/C11H15BrO/c1-8(7-13)5-10-6-11(12)4-3-9(10)2/h3-4,6,8,13H,5,7H2,1-2H3. The highest BCUT2D eigenvalue weighted by Crippen LogP contribution is 2.18. The lowest BCUT2D eigenvalue weighted by Gasteiger charge is -2.10. The third kappa shape index (κ3) is 3.12. The van der Waals surface area contributed by atoms with Gasteiger partial charge in [0.25, 0.3) is 0 Å². The molecule has 0 aliphatic rings. The van der Waals surface area contributed by atoms with Crippen molar-refractivity contribution in [1.82, 2.24) is 0 Å². The molecule has 0 spiro atoms. The van der Waals surface area contributed by atoms with Crippen LogP contribution in [0.15, 0.2) is 22.7 Å². The Hall–Kier alpha value is -0.340. The minimum atomic E-state index is 0.256. The van der Waals surface area contributed by atoms with Gasteiger partial charge >= 0.3 is 0 Å². The molecule has 1 nitrogen and oxygen atoms in total. The molecule has 1 N–H and O–H groups in total. The summed E-state index contributed by atoms with van der Waals surface area (Å²) in [6.45, 7) is 4.41. The van der Waals surface area contributed by atoms with Crippen molar-refractivity contribution in [3.8, 4) is 0 Å². The second-order valence-electron chi connectivity index (χ2n) is 3.56. The Bertz CT molecular complexity index is 283. The molecule has 0 radical (unpaired) electrons. The quantitative estimate of drug-likeness (QED) is 0.865. The highest BCUT2D eigenvalue weighted by molar-refractivity contribution is 9.10. The van der Waals surface area contributed by atoms with Crippen molar-refractivity contribution in [2.45, 2.75) is 20.3 Å². The summed E-state index contributed by atoms with van der Waals surface area (Å²) in [5, 5.41) is 8.94. The lowest BCUT2D eigenvalue weighted by Crippen LogP contribution is -2.05. The van der Waals surface area contributed by atoms with Crippen LogP contribution < -0.4 is 0 Å². The Labute approximate surface area is 87.9 Å². The van der Waals surface area contributed by atoms with E-state index in [0.717, 1.165) is 10.9 Å². The molecular weight excluding hydrogens is 228 g/mol. The van der Waals surface area contributed by atoms with Crippen molar-refractivity contribution in [1.29, 1.82) is 0 Å². The van der Waals surface area contributed by atoms with Crippen molar-refractivity contribution in [3.05, 3.63) is 33.8 Å². The zero-order valence-corrected chi connectivity index (χ0v) is 9.63. The summed E-state index contributed by atoms with van der Waals surface area (Å²) in [7, 11) is 0. The summed E-state index contributed by atoms with van der Waals surface area (Å²) in [6, 6.07) is 6.27. The van der Waals surface area contributed by atoms with Crippen LogP contribution in [0.2, 0.25) is 0 Å². The fraction of sp³-hybridized carbons (Fsp3) is 0.455. The zero-order chi connectivity index (χ0) is 9.84. The molecule has 1 rings (SSSR count). The number of halogens is 1. The van der Waals surface area contributed by atoms with Gasteiger partial charge in [0.1, 0.15) is 0 Å². The van der Waals surface area contributed by atoms with E-state index < -0.39 is 0 Å². The summed E-state index contributed by atoms with van der Waals surface area (Å²) < 4.78 is 1.11. The van der Waals surface area contributed by atoms with E-state index in [-0.39, 0.29) is 6.61 Å². The van der Waals surface area contributed by atoms with Crippen LogP contribution in [0.25, 0.3) is 0 Å². The molecule has 0 aliphatic carbocycles. The largest absolute Gasteiger partial charge is 0.396 e. The molecular formula is C11H15BrO. The monoisotopic (exact) mass is 242 g/mol. The molecule has 0 aliphatic heterocycles. The third-order valence-corrected chi connectivity index (χ3v) is 2.68. The topological polar surface area (TPSA) is 20.2 Å². The highest BCUT2D eigenvalue weighted by Gasteiger charge is 2.04. The fourth-order valence-electron chi connectivity index (χ4n) is 1.30. The van der Waals surface area contributed by atoms with E-state index in [4.69, 9.17) is 5.11 Å². The van der Waals surface area contributed by atoms with Crippen molar-refractivity contribution in [2.24, 2.45) is 5.92 Å². The number of benzene rings is 1. The first-order valence-corrected chi connectivity index (χ1v) is 5.28. The van der Waals surface area contributed by atoms with Gasteiger partial charge in [0.15, 0.2) is 0 Å². The van der Waals surface area contributed by atoms with Gasteiger partial charge in [-0.25, -0.2) is 0 Å². The lowest BCUT2D eigenvalue weighted by molar-refractivity contribution is 0.237. The van der Waals surface area contributed by atoms with Crippen LogP contribution in [-0.2, 0) is 6.42 Å². The average Bonchev–Trinajstić information content (AvgIpc) is 2.11. The van der Waals surface area contributed by atoms with Gasteiger partial charge in [-0.1, -0.05) is 28.9 Å². The zero-order valence-electron chi connectivity index (χ0n) is 8.05. The van der Waals surface area contributed by atoms with Crippen LogP contribution >= 0.6 is 15.9 Å². The van der Waals surface area contributed by atoms with E-state index in [1.807, 2.05) is 6.07 Å². The first-order chi connectivity index (χ1) is 6.13. The summed E-state index contributed by atoms with van der Waals surface area (Å²) in [4.78, 5) is 0. The number of rotatable bonds is 3. The molecule has 0 saturated heterocycles. The van der Waals surface area contributed by atoms with Gasteiger partial charge in [-0.15, -0.1) is 0 Å². The van der Waals surface area contributed by atoms with Crippen LogP contribution in [0.5, 0.6) is 0 Å². The third-order valence-electron chi connectivity index (χ3n) is 2.19. The molecule has 0 bridgehead atoms. The molecule has 0 aromatic heterocycles. The van der Waals surface area contributed by atoms with Gasteiger partial charge in [-0.2, -0.15) is 0 Å². The van der Waals surface area contributed by atoms with Crippen LogP contribution in [-0.4, -0.2) is 11.7 Å². The Morgan fingerprint density at radius 2 is 2.15 bits per heavy atom. The Morgan fingerprint density at radius 3 is 2.77 bits per heavy atom. The second-order valence-corrected chi connectivity index (χ2v) is 4.48. The number of hydrogen-bond acceptors (Lipinski definition) is 1.